The molecule has 0 unspecified atom stereocenters. The van der Waals surface area contributed by atoms with Gasteiger partial charge in [0.15, 0.2) is 5.82 Å². The molecular formula is C20H20N8O. The topological polar surface area (TPSA) is 105 Å². The van der Waals surface area contributed by atoms with Crippen LogP contribution in [0.5, 0.6) is 0 Å². The first-order valence-electron chi connectivity index (χ1n) is 9.52. The fourth-order valence-electron chi connectivity index (χ4n) is 3.29. The van der Waals surface area contributed by atoms with Crippen LogP contribution in [-0.4, -0.2) is 56.2 Å². The average molecular weight is 388 g/mol. The third-order valence-electron chi connectivity index (χ3n) is 4.76. The highest BCUT2D eigenvalue weighted by molar-refractivity contribution is 5.89. The van der Waals surface area contributed by atoms with E-state index in [-0.39, 0.29) is 0 Å². The predicted molar refractivity (Wildman–Crippen MR) is 110 cm³/mol. The molecule has 0 spiro atoms. The molecule has 1 saturated heterocycles. The minimum absolute atomic E-state index is 0.509. The molecule has 3 aromatic heterocycles. The summed E-state index contributed by atoms with van der Waals surface area (Å²) in [5.74, 6) is 1.73. The van der Waals surface area contributed by atoms with Crippen molar-refractivity contribution in [3.8, 4) is 11.4 Å². The number of benzene rings is 1. The van der Waals surface area contributed by atoms with Crippen molar-refractivity contribution in [3.05, 3.63) is 54.6 Å². The van der Waals surface area contributed by atoms with Crippen molar-refractivity contribution in [1.82, 2.24) is 29.9 Å². The second-order valence-corrected chi connectivity index (χ2v) is 6.66. The number of aromatic nitrogens is 6. The van der Waals surface area contributed by atoms with Gasteiger partial charge in [-0.1, -0.05) is 12.1 Å². The molecule has 5 rings (SSSR count). The number of aromatic amines is 1. The summed E-state index contributed by atoms with van der Waals surface area (Å²) in [5, 5.41) is 3.28. The predicted octanol–water partition coefficient (Wildman–Crippen LogP) is 2.26. The first kappa shape index (κ1) is 17.5. The Labute approximate surface area is 167 Å². The molecule has 4 heterocycles. The highest BCUT2D eigenvalue weighted by Crippen LogP contribution is 2.26. The van der Waals surface area contributed by atoms with Gasteiger partial charge < -0.3 is 19.9 Å². The van der Waals surface area contributed by atoms with Gasteiger partial charge in [-0.2, -0.15) is 15.0 Å². The number of nitrogens with zero attached hydrogens (tertiary/aromatic N) is 6. The van der Waals surface area contributed by atoms with Gasteiger partial charge >= 0.3 is 0 Å². The number of hydrogen-bond donors (Lipinski definition) is 2. The lowest BCUT2D eigenvalue weighted by Gasteiger charge is -2.27. The van der Waals surface area contributed by atoms with E-state index < -0.39 is 0 Å². The van der Waals surface area contributed by atoms with E-state index in [9.17, 15) is 0 Å². The second-order valence-electron chi connectivity index (χ2n) is 6.66. The molecule has 0 atom stereocenters. The van der Waals surface area contributed by atoms with Crippen LogP contribution in [0.3, 0.4) is 0 Å². The number of ether oxygens (including phenoxy) is 1. The lowest BCUT2D eigenvalue weighted by molar-refractivity contribution is 0.122. The SMILES string of the molecule is c1ccc(CNc2nc(-c3cccc4[nH]cnc34)nc(N3CCOCC3)n2)nc1. The number of morpholine rings is 1. The van der Waals surface area contributed by atoms with Crippen LogP contribution in [0.15, 0.2) is 48.9 Å². The summed E-state index contributed by atoms with van der Waals surface area (Å²) in [4.78, 5) is 28.1. The zero-order valence-electron chi connectivity index (χ0n) is 15.7. The molecule has 1 fully saturated rings. The summed E-state index contributed by atoms with van der Waals surface area (Å²) in [6.45, 7) is 3.34. The number of rotatable bonds is 5. The van der Waals surface area contributed by atoms with Crippen molar-refractivity contribution in [3.63, 3.8) is 0 Å². The largest absolute Gasteiger partial charge is 0.378 e. The van der Waals surface area contributed by atoms with E-state index in [0.29, 0.717) is 37.5 Å². The van der Waals surface area contributed by atoms with Crippen molar-refractivity contribution in [2.45, 2.75) is 6.54 Å². The van der Waals surface area contributed by atoms with E-state index in [1.807, 2.05) is 36.4 Å². The van der Waals surface area contributed by atoms with Crippen LogP contribution in [0.2, 0.25) is 0 Å². The molecule has 2 N–H and O–H groups in total. The number of fused-ring (bicyclic) bond motifs is 1. The quantitative estimate of drug-likeness (QED) is 0.536. The number of para-hydroxylation sites is 1. The van der Waals surface area contributed by atoms with Gasteiger partial charge in [0.25, 0.3) is 0 Å². The Bertz CT molecular complexity index is 1110. The van der Waals surface area contributed by atoms with Crippen molar-refractivity contribution in [2.75, 3.05) is 36.5 Å². The van der Waals surface area contributed by atoms with Gasteiger partial charge in [-0.25, -0.2) is 4.98 Å². The van der Waals surface area contributed by atoms with Crippen molar-refractivity contribution in [1.29, 1.82) is 0 Å². The van der Waals surface area contributed by atoms with Gasteiger partial charge in [0, 0.05) is 24.8 Å². The zero-order valence-corrected chi connectivity index (χ0v) is 15.7. The molecule has 1 aliphatic heterocycles. The molecule has 0 bridgehead atoms. The van der Waals surface area contributed by atoms with Crippen LogP contribution in [0.25, 0.3) is 22.4 Å². The Morgan fingerprint density at radius 1 is 1.00 bits per heavy atom. The summed E-state index contributed by atoms with van der Waals surface area (Å²) in [6.07, 6.45) is 3.45. The zero-order chi connectivity index (χ0) is 19.5. The summed E-state index contributed by atoms with van der Waals surface area (Å²) in [7, 11) is 0. The molecule has 1 aliphatic rings. The molecular weight excluding hydrogens is 368 g/mol. The molecule has 146 valence electrons. The van der Waals surface area contributed by atoms with Gasteiger partial charge in [0.1, 0.15) is 0 Å². The van der Waals surface area contributed by atoms with E-state index >= 15 is 0 Å². The summed E-state index contributed by atoms with van der Waals surface area (Å²) < 4.78 is 5.47. The maximum Gasteiger partial charge on any atom is 0.230 e. The van der Waals surface area contributed by atoms with Crippen LogP contribution < -0.4 is 10.2 Å². The van der Waals surface area contributed by atoms with Crippen molar-refractivity contribution in [2.24, 2.45) is 0 Å². The van der Waals surface area contributed by atoms with Crippen molar-refractivity contribution < 1.29 is 4.74 Å². The fraction of sp³-hybridized carbons (Fsp3) is 0.250. The smallest absolute Gasteiger partial charge is 0.230 e. The molecule has 0 radical (unpaired) electrons. The standard InChI is InChI=1S/C20H20N8O/c1-2-7-21-14(4-1)12-22-19-25-18(15-5-3-6-16-17(15)24-13-23-16)26-20(27-19)28-8-10-29-11-9-28/h1-7,13H,8-12H2,(H,23,24)(H,22,25,26,27). The van der Waals surface area contributed by atoms with Gasteiger partial charge in [-0.3, -0.25) is 4.98 Å². The van der Waals surface area contributed by atoms with Crippen LogP contribution in [0.4, 0.5) is 11.9 Å². The molecule has 0 saturated carbocycles. The van der Waals surface area contributed by atoms with Crippen molar-refractivity contribution >= 4 is 22.9 Å². The molecule has 29 heavy (non-hydrogen) atoms. The summed E-state index contributed by atoms with van der Waals surface area (Å²) in [5.41, 5.74) is 3.56. The lowest BCUT2D eigenvalue weighted by Crippen LogP contribution is -2.37. The van der Waals surface area contributed by atoms with Crippen LogP contribution >= 0.6 is 0 Å². The minimum Gasteiger partial charge on any atom is -0.378 e. The molecule has 4 aromatic rings. The molecule has 0 amide bonds. The number of imidazole rings is 1. The van der Waals surface area contributed by atoms with E-state index in [2.05, 4.69) is 35.1 Å². The Hall–Kier alpha value is -3.59. The number of anilines is 2. The Kier molecular flexibility index (Phi) is 4.71. The van der Waals surface area contributed by atoms with Gasteiger partial charge in [-0.15, -0.1) is 0 Å². The Morgan fingerprint density at radius 3 is 2.79 bits per heavy atom. The lowest BCUT2D eigenvalue weighted by atomic mass is 10.1. The molecule has 9 heteroatoms. The van der Waals surface area contributed by atoms with Crippen LogP contribution in [0, 0.1) is 0 Å². The Morgan fingerprint density at radius 2 is 1.93 bits per heavy atom. The van der Waals surface area contributed by atoms with E-state index in [4.69, 9.17) is 9.72 Å². The highest BCUT2D eigenvalue weighted by atomic mass is 16.5. The van der Waals surface area contributed by atoms with Crippen LogP contribution in [-0.2, 0) is 11.3 Å². The number of pyridine rings is 1. The van der Waals surface area contributed by atoms with E-state index in [0.717, 1.165) is 35.4 Å². The van der Waals surface area contributed by atoms with Gasteiger partial charge in [0.05, 0.1) is 42.8 Å². The normalized spacial score (nSPS) is 14.3. The van der Waals surface area contributed by atoms with Gasteiger partial charge in [0.2, 0.25) is 11.9 Å². The van der Waals surface area contributed by atoms with E-state index in [1.54, 1.807) is 12.5 Å². The second kappa shape index (κ2) is 7.80. The van der Waals surface area contributed by atoms with Crippen LogP contribution in [0.1, 0.15) is 5.69 Å². The number of nitrogens with one attached hydrogen (secondary N) is 2. The van der Waals surface area contributed by atoms with E-state index in [1.165, 1.54) is 0 Å². The minimum atomic E-state index is 0.509. The Balaban J connectivity index is 1.53. The monoisotopic (exact) mass is 388 g/mol. The maximum absolute atomic E-state index is 5.47. The maximum atomic E-state index is 5.47. The summed E-state index contributed by atoms with van der Waals surface area (Å²) >= 11 is 0. The summed E-state index contributed by atoms with van der Waals surface area (Å²) in [6, 6.07) is 11.7. The first-order valence-corrected chi connectivity index (χ1v) is 9.52. The fourth-order valence-corrected chi connectivity index (χ4v) is 3.29. The molecule has 1 aromatic carbocycles. The highest BCUT2D eigenvalue weighted by Gasteiger charge is 2.18. The molecule has 0 aliphatic carbocycles. The third-order valence-corrected chi connectivity index (χ3v) is 4.76. The first-order chi connectivity index (χ1) is 14.4. The average Bonchev–Trinajstić information content (AvgIpc) is 3.28. The third kappa shape index (κ3) is 3.72. The number of hydrogen-bond acceptors (Lipinski definition) is 8. The number of H-pyrrole nitrogens is 1. The van der Waals surface area contributed by atoms with Gasteiger partial charge in [-0.05, 0) is 24.3 Å². The molecule has 9 nitrogen and oxygen atoms in total.